The predicted molar refractivity (Wildman–Crippen MR) is 65.2 cm³/mol. The van der Waals surface area contributed by atoms with Crippen LogP contribution in [0.5, 0.6) is 0 Å². The van der Waals surface area contributed by atoms with Crippen molar-refractivity contribution in [3.05, 3.63) is 5.01 Å². The van der Waals surface area contributed by atoms with Crippen LogP contribution in [0.1, 0.15) is 18.9 Å². The number of hydrogen-bond donors (Lipinski definition) is 2. The molecular formula is C8H16N4O2S2. The van der Waals surface area contributed by atoms with Gasteiger partial charge in [-0.3, -0.25) is 4.72 Å². The van der Waals surface area contributed by atoms with E-state index >= 15 is 0 Å². The van der Waals surface area contributed by atoms with Gasteiger partial charge in [0, 0.05) is 6.54 Å². The van der Waals surface area contributed by atoms with Crippen LogP contribution in [0.25, 0.3) is 0 Å². The summed E-state index contributed by atoms with van der Waals surface area (Å²) >= 11 is 1.22. The van der Waals surface area contributed by atoms with Crippen molar-refractivity contribution in [2.75, 3.05) is 17.8 Å². The maximum atomic E-state index is 11.8. The molecule has 1 unspecified atom stereocenters. The van der Waals surface area contributed by atoms with Gasteiger partial charge >= 0.3 is 0 Å². The molecule has 1 heterocycles. The largest absolute Gasteiger partial charge is 0.316 e. The number of hydrogen-bond acceptors (Lipinski definition) is 6. The molecule has 0 aliphatic heterocycles. The summed E-state index contributed by atoms with van der Waals surface area (Å²) in [5.41, 5.74) is 0. The fraction of sp³-hybridized carbons (Fsp3) is 0.750. The van der Waals surface area contributed by atoms with Crippen molar-refractivity contribution in [1.29, 1.82) is 0 Å². The number of anilines is 1. The first-order valence-electron chi connectivity index (χ1n) is 4.98. The zero-order valence-corrected chi connectivity index (χ0v) is 11.2. The third-order valence-corrected chi connectivity index (χ3v) is 4.55. The summed E-state index contributed by atoms with van der Waals surface area (Å²) in [6, 6.07) is 0. The fourth-order valence-electron chi connectivity index (χ4n) is 1.02. The van der Waals surface area contributed by atoms with E-state index in [9.17, 15) is 8.42 Å². The van der Waals surface area contributed by atoms with E-state index in [-0.39, 0.29) is 0 Å². The lowest BCUT2D eigenvalue weighted by atomic mass is 10.5. The van der Waals surface area contributed by atoms with E-state index in [1.54, 1.807) is 13.8 Å². The molecule has 92 valence electrons. The molecule has 0 aliphatic rings. The average Bonchev–Trinajstić information content (AvgIpc) is 2.59. The Labute approximate surface area is 99.5 Å². The van der Waals surface area contributed by atoms with Crippen LogP contribution < -0.4 is 10.0 Å². The first kappa shape index (κ1) is 13.3. The van der Waals surface area contributed by atoms with Crippen molar-refractivity contribution in [3.63, 3.8) is 0 Å². The molecule has 6 nitrogen and oxygen atoms in total. The topological polar surface area (TPSA) is 84.0 Å². The second-order valence-electron chi connectivity index (χ2n) is 3.39. The van der Waals surface area contributed by atoms with Gasteiger partial charge < -0.3 is 5.32 Å². The van der Waals surface area contributed by atoms with Crippen LogP contribution in [0.4, 0.5) is 5.13 Å². The summed E-state index contributed by atoms with van der Waals surface area (Å²) in [4.78, 5) is 0. The van der Waals surface area contributed by atoms with E-state index in [0.717, 1.165) is 11.6 Å². The van der Waals surface area contributed by atoms with Crippen LogP contribution >= 0.6 is 11.3 Å². The lowest BCUT2D eigenvalue weighted by Gasteiger charge is -2.12. The Bertz CT molecular complexity index is 429. The van der Waals surface area contributed by atoms with Gasteiger partial charge in [-0.25, -0.2) is 8.42 Å². The normalized spacial score (nSPS) is 13.7. The van der Waals surface area contributed by atoms with Crippen LogP contribution in [0.2, 0.25) is 0 Å². The van der Waals surface area contributed by atoms with E-state index < -0.39 is 15.3 Å². The third kappa shape index (κ3) is 3.69. The van der Waals surface area contributed by atoms with Gasteiger partial charge in [-0.05, 0) is 20.4 Å². The maximum Gasteiger partial charge on any atom is 0.238 e. The molecule has 0 bridgehead atoms. The third-order valence-electron chi connectivity index (χ3n) is 1.97. The minimum Gasteiger partial charge on any atom is -0.316 e. The molecule has 0 saturated carbocycles. The second kappa shape index (κ2) is 5.55. The number of nitrogens with zero attached hydrogens (tertiary/aromatic N) is 2. The Morgan fingerprint density at radius 2 is 2.12 bits per heavy atom. The molecular weight excluding hydrogens is 248 g/mol. The van der Waals surface area contributed by atoms with Crippen LogP contribution in [-0.2, 0) is 10.0 Å². The first-order chi connectivity index (χ1) is 7.45. The Morgan fingerprint density at radius 3 is 2.62 bits per heavy atom. The highest BCUT2D eigenvalue weighted by Gasteiger charge is 2.21. The van der Waals surface area contributed by atoms with Gasteiger partial charge in [0.25, 0.3) is 0 Å². The minimum atomic E-state index is -3.38. The number of nitrogens with one attached hydrogen (secondary N) is 2. The molecule has 1 atom stereocenters. The zero-order valence-electron chi connectivity index (χ0n) is 9.52. The highest BCUT2D eigenvalue weighted by molar-refractivity contribution is 7.93. The number of sulfonamides is 1. The highest BCUT2D eigenvalue weighted by atomic mass is 32.2. The Hall–Kier alpha value is -0.730. The van der Waals surface area contributed by atoms with Gasteiger partial charge in [0.2, 0.25) is 15.2 Å². The smallest absolute Gasteiger partial charge is 0.238 e. The quantitative estimate of drug-likeness (QED) is 0.785. The van der Waals surface area contributed by atoms with E-state index in [4.69, 9.17) is 0 Å². The average molecular weight is 264 g/mol. The molecule has 0 radical (unpaired) electrons. The van der Waals surface area contributed by atoms with Crippen molar-refractivity contribution < 1.29 is 8.42 Å². The molecule has 0 spiro atoms. The monoisotopic (exact) mass is 264 g/mol. The van der Waals surface area contributed by atoms with Crippen LogP contribution in [0.3, 0.4) is 0 Å². The Balaban J connectivity index is 2.64. The summed E-state index contributed by atoms with van der Waals surface area (Å²) in [5, 5.41) is 11.0. The molecule has 8 heteroatoms. The van der Waals surface area contributed by atoms with Crippen LogP contribution in [0.15, 0.2) is 0 Å². The fourth-order valence-corrected chi connectivity index (χ4v) is 2.80. The summed E-state index contributed by atoms with van der Waals surface area (Å²) in [6.07, 6.45) is 0. The van der Waals surface area contributed by atoms with Crippen molar-refractivity contribution in [3.8, 4) is 0 Å². The lowest BCUT2D eigenvalue weighted by Crippen LogP contribution is -2.34. The maximum absolute atomic E-state index is 11.8. The van der Waals surface area contributed by atoms with Crippen molar-refractivity contribution >= 4 is 26.5 Å². The van der Waals surface area contributed by atoms with Crippen LogP contribution in [-0.4, -0.2) is 37.0 Å². The molecule has 16 heavy (non-hydrogen) atoms. The molecule has 1 aromatic rings. The van der Waals surface area contributed by atoms with Gasteiger partial charge in [0.05, 0.1) is 5.25 Å². The molecule has 0 aliphatic carbocycles. The van der Waals surface area contributed by atoms with E-state index in [1.165, 1.54) is 11.3 Å². The summed E-state index contributed by atoms with van der Waals surface area (Å²) < 4.78 is 26.0. The number of aryl methyl sites for hydroxylation is 1. The van der Waals surface area contributed by atoms with E-state index in [0.29, 0.717) is 11.7 Å². The number of rotatable bonds is 6. The molecule has 0 saturated heterocycles. The summed E-state index contributed by atoms with van der Waals surface area (Å²) in [6.45, 7) is 6.53. The van der Waals surface area contributed by atoms with E-state index in [2.05, 4.69) is 20.2 Å². The van der Waals surface area contributed by atoms with Gasteiger partial charge in [-0.2, -0.15) is 0 Å². The molecule has 0 amide bonds. The Morgan fingerprint density at radius 1 is 1.44 bits per heavy atom. The summed E-state index contributed by atoms with van der Waals surface area (Å²) in [7, 11) is -3.38. The van der Waals surface area contributed by atoms with Crippen molar-refractivity contribution in [2.24, 2.45) is 0 Å². The SMILES string of the molecule is CCNCC(C)S(=O)(=O)Nc1nnc(C)s1. The van der Waals surface area contributed by atoms with E-state index in [1.807, 2.05) is 6.92 Å². The summed E-state index contributed by atoms with van der Waals surface area (Å²) in [5.74, 6) is 0. The molecule has 0 aromatic carbocycles. The second-order valence-corrected chi connectivity index (χ2v) is 6.67. The Kier molecular flexibility index (Phi) is 4.63. The standard InChI is InChI=1S/C8H16N4O2S2/c1-4-9-5-6(2)16(13,14)12-8-11-10-7(3)15-8/h6,9H,4-5H2,1-3H3,(H,11,12). The molecule has 1 aromatic heterocycles. The zero-order chi connectivity index (χ0) is 12.2. The number of aromatic nitrogens is 2. The molecule has 2 N–H and O–H groups in total. The van der Waals surface area contributed by atoms with Crippen LogP contribution in [0, 0.1) is 6.92 Å². The van der Waals surface area contributed by atoms with Gasteiger partial charge in [0.15, 0.2) is 0 Å². The van der Waals surface area contributed by atoms with Gasteiger partial charge in [-0.15, -0.1) is 10.2 Å². The molecule has 1 rings (SSSR count). The first-order valence-corrected chi connectivity index (χ1v) is 7.34. The predicted octanol–water partition coefficient (Wildman–Crippen LogP) is 0.586. The van der Waals surface area contributed by atoms with Gasteiger partial charge in [0.1, 0.15) is 5.01 Å². The highest BCUT2D eigenvalue weighted by Crippen LogP contribution is 2.16. The van der Waals surface area contributed by atoms with Gasteiger partial charge in [-0.1, -0.05) is 18.3 Å². The minimum absolute atomic E-state index is 0.320. The van der Waals surface area contributed by atoms with Crippen molar-refractivity contribution in [2.45, 2.75) is 26.0 Å². The molecule has 0 fully saturated rings. The van der Waals surface area contributed by atoms with Crippen molar-refractivity contribution in [1.82, 2.24) is 15.5 Å². The lowest BCUT2D eigenvalue weighted by molar-refractivity contribution is 0.579.